The highest BCUT2D eigenvalue weighted by molar-refractivity contribution is 7.89. The molecule has 0 fully saturated rings. The largest absolute Gasteiger partial charge is 0.495 e. The van der Waals surface area contributed by atoms with E-state index in [2.05, 4.69) is 10.0 Å². The lowest BCUT2D eigenvalue weighted by molar-refractivity contribution is -0.124. The van der Waals surface area contributed by atoms with Gasteiger partial charge >= 0.3 is 0 Å². The average Bonchev–Trinajstić information content (AvgIpc) is 2.60. The summed E-state index contributed by atoms with van der Waals surface area (Å²) < 4.78 is 33.3. The normalized spacial score (nSPS) is 13.0. The van der Waals surface area contributed by atoms with Gasteiger partial charge in [-0.05, 0) is 51.0 Å². The molecule has 0 aliphatic rings. The third-order valence-corrected chi connectivity index (χ3v) is 5.59. The first-order valence-corrected chi connectivity index (χ1v) is 10.6. The Labute approximate surface area is 171 Å². The molecule has 0 saturated carbocycles. The summed E-state index contributed by atoms with van der Waals surface area (Å²) in [7, 11) is -2.53. The number of amides is 1. The Balaban J connectivity index is 2.31. The van der Waals surface area contributed by atoms with Gasteiger partial charge in [0, 0.05) is 5.54 Å². The maximum absolute atomic E-state index is 12.9. The van der Waals surface area contributed by atoms with Crippen LogP contribution in [0.15, 0.2) is 53.4 Å². The number of halogens is 1. The quantitative estimate of drug-likeness (QED) is 0.715. The van der Waals surface area contributed by atoms with E-state index < -0.39 is 27.5 Å². The van der Waals surface area contributed by atoms with Gasteiger partial charge in [0.15, 0.2) is 0 Å². The van der Waals surface area contributed by atoms with Crippen molar-refractivity contribution in [3.8, 4) is 5.75 Å². The van der Waals surface area contributed by atoms with E-state index in [9.17, 15) is 13.2 Å². The highest BCUT2D eigenvalue weighted by Gasteiger charge is 2.28. The maximum Gasteiger partial charge on any atom is 0.241 e. The molecule has 0 unspecified atom stereocenters. The second-order valence-corrected chi connectivity index (χ2v) is 9.52. The fourth-order valence-electron chi connectivity index (χ4n) is 2.56. The Morgan fingerprint density at radius 1 is 1.14 bits per heavy atom. The molecule has 1 amide bonds. The third-order valence-electron chi connectivity index (χ3n) is 3.83. The maximum atomic E-state index is 12.9. The van der Waals surface area contributed by atoms with Crippen molar-refractivity contribution in [3.63, 3.8) is 0 Å². The predicted octanol–water partition coefficient (Wildman–Crippen LogP) is 3.15. The molecule has 1 atom stereocenters. The molecule has 0 radical (unpaired) electrons. The predicted molar refractivity (Wildman–Crippen MR) is 110 cm³/mol. The number of benzene rings is 2. The molecule has 2 aromatic carbocycles. The van der Waals surface area contributed by atoms with E-state index in [1.165, 1.54) is 25.3 Å². The Morgan fingerprint density at radius 3 is 2.32 bits per heavy atom. The smallest absolute Gasteiger partial charge is 0.241 e. The van der Waals surface area contributed by atoms with E-state index in [1.54, 1.807) is 0 Å². The van der Waals surface area contributed by atoms with Crippen molar-refractivity contribution in [2.24, 2.45) is 0 Å². The van der Waals surface area contributed by atoms with Crippen LogP contribution in [0.25, 0.3) is 0 Å². The van der Waals surface area contributed by atoms with Crippen LogP contribution < -0.4 is 14.8 Å². The number of carbonyl (C=O) groups excluding carboxylic acids is 1. The molecule has 2 N–H and O–H groups in total. The van der Waals surface area contributed by atoms with Gasteiger partial charge in [0.05, 0.1) is 17.0 Å². The Kier molecular flexibility index (Phi) is 7.09. The minimum absolute atomic E-state index is 0.0417. The van der Waals surface area contributed by atoms with Crippen molar-refractivity contribution in [2.75, 3.05) is 7.11 Å². The average molecular weight is 425 g/mol. The molecular formula is C20H25ClN2O4S. The minimum atomic E-state index is -3.98. The Morgan fingerprint density at radius 2 is 1.79 bits per heavy atom. The van der Waals surface area contributed by atoms with Crippen molar-refractivity contribution in [2.45, 2.75) is 43.7 Å². The van der Waals surface area contributed by atoms with Crippen molar-refractivity contribution >= 4 is 27.5 Å². The van der Waals surface area contributed by atoms with Gasteiger partial charge in [-0.1, -0.05) is 41.9 Å². The van der Waals surface area contributed by atoms with E-state index in [-0.39, 0.29) is 16.3 Å². The Hall–Kier alpha value is -2.09. The molecule has 0 aromatic heterocycles. The molecule has 152 valence electrons. The molecule has 2 aromatic rings. The summed E-state index contributed by atoms with van der Waals surface area (Å²) in [5, 5.41) is 3.00. The number of rotatable bonds is 7. The summed E-state index contributed by atoms with van der Waals surface area (Å²) in [4.78, 5) is 12.7. The zero-order valence-electron chi connectivity index (χ0n) is 16.3. The van der Waals surface area contributed by atoms with Crippen molar-refractivity contribution < 1.29 is 17.9 Å². The molecule has 0 spiro atoms. The Bertz CT molecular complexity index is 925. The van der Waals surface area contributed by atoms with E-state index in [0.29, 0.717) is 5.75 Å². The third kappa shape index (κ3) is 6.22. The minimum Gasteiger partial charge on any atom is -0.495 e. The molecular weight excluding hydrogens is 400 g/mol. The lowest BCUT2D eigenvalue weighted by Crippen LogP contribution is -2.52. The molecule has 0 aliphatic carbocycles. The van der Waals surface area contributed by atoms with Crippen LogP contribution in [0, 0.1) is 0 Å². The lowest BCUT2D eigenvalue weighted by atomic mass is 10.0. The van der Waals surface area contributed by atoms with Crippen molar-refractivity contribution in [1.29, 1.82) is 0 Å². The molecule has 0 aliphatic heterocycles. The van der Waals surface area contributed by atoms with Gasteiger partial charge < -0.3 is 10.1 Å². The van der Waals surface area contributed by atoms with Crippen LogP contribution in [0.3, 0.4) is 0 Å². The number of nitrogens with one attached hydrogen (secondary N) is 2. The van der Waals surface area contributed by atoms with Crippen LogP contribution in [-0.4, -0.2) is 33.0 Å². The summed E-state index contributed by atoms with van der Waals surface area (Å²) in [5.74, 6) is -0.0357. The van der Waals surface area contributed by atoms with Gasteiger partial charge in [-0.15, -0.1) is 0 Å². The molecule has 8 heteroatoms. The van der Waals surface area contributed by atoms with Crippen molar-refractivity contribution in [1.82, 2.24) is 10.0 Å². The fraction of sp³-hybridized carbons (Fsp3) is 0.350. The molecule has 0 heterocycles. The lowest BCUT2D eigenvalue weighted by Gasteiger charge is -2.25. The summed E-state index contributed by atoms with van der Waals surface area (Å²) in [6.07, 6.45) is 0.214. The highest BCUT2D eigenvalue weighted by atomic mass is 35.5. The SMILES string of the molecule is COc1ccc(S(=O)(=O)N[C@H](Cc2ccccc2)C(=O)NC(C)(C)C)cc1Cl. The summed E-state index contributed by atoms with van der Waals surface area (Å²) >= 11 is 6.06. The van der Waals surface area contributed by atoms with Gasteiger partial charge in [-0.25, -0.2) is 8.42 Å². The van der Waals surface area contributed by atoms with E-state index in [0.717, 1.165) is 5.56 Å². The van der Waals surface area contributed by atoms with Crippen LogP contribution in [0.1, 0.15) is 26.3 Å². The summed E-state index contributed by atoms with van der Waals surface area (Å²) in [5.41, 5.74) is 0.341. The first kappa shape index (κ1) is 22.2. The number of hydrogen-bond acceptors (Lipinski definition) is 4. The number of methoxy groups -OCH3 is 1. The van der Waals surface area contributed by atoms with Crippen LogP contribution in [-0.2, 0) is 21.2 Å². The number of ether oxygens (including phenoxy) is 1. The molecule has 0 saturated heterocycles. The zero-order valence-corrected chi connectivity index (χ0v) is 17.9. The standard InChI is InChI=1S/C20H25ClN2O4S/c1-20(2,3)22-19(24)17(12-14-8-6-5-7-9-14)23-28(25,26)15-10-11-18(27-4)16(21)13-15/h5-11,13,17,23H,12H2,1-4H3,(H,22,24)/t17-/m1/s1. The van der Waals surface area contributed by atoms with Gasteiger partial charge in [-0.2, -0.15) is 4.72 Å². The second-order valence-electron chi connectivity index (χ2n) is 7.40. The van der Waals surface area contributed by atoms with Crippen molar-refractivity contribution in [3.05, 3.63) is 59.1 Å². The van der Waals surface area contributed by atoms with Crippen LogP contribution >= 0.6 is 11.6 Å². The number of hydrogen-bond donors (Lipinski definition) is 2. The summed E-state index contributed by atoms with van der Waals surface area (Å²) in [6, 6.07) is 12.4. The number of sulfonamides is 1. The van der Waals surface area contributed by atoms with Crippen LogP contribution in [0.4, 0.5) is 0 Å². The van der Waals surface area contributed by atoms with Gasteiger partial charge in [0.2, 0.25) is 15.9 Å². The molecule has 0 bridgehead atoms. The number of carbonyl (C=O) groups is 1. The van der Waals surface area contributed by atoms with Gasteiger partial charge in [0.25, 0.3) is 0 Å². The van der Waals surface area contributed by atoms with E-state index in [4.69, 9.17) is 16.3 Å². The van der Waals surface area contributed by atoms with Gasteiger partial charge in [0.1, 0.15) is 11.8 Å². The molecule has 28 heavy (non-hydrogen) atoms. The van der Waals surface area contributed by atoms with Gasteiger partial charge in [-0.3, -0.25) is 4.79 Å². The zero-order chi connectivity index (χ0) is 20.9. The second kappa shape index (κ2) is 8.94. The molecule has 2 rings (SSSR count). The van der Waals surface area contributed by atoms with Crippen LogP contribution in [0.5, 0.6) is 5.75 Å². The topological polar surface area (TPSA) is 84.5 Å². The summed E-state index contributed by atoms with van der Waals surface area (Å²) in [6.45, 7) is 5.51. The van der Waals surface area contributed by atoms with E-state index >= 15 is 0 Å². The first-order valence-electron chi connectivity index (χ1n) is 8.73. The first-order chi connectivity index (χ1) is 13.0. The van der Waals surface area contributed by atoms with E-state index in [1.807, 2.05) is 51.1 Å². The van der Waals surface area contributed by atoms with Crippen LogP contribution in [0.2, 0.25) is 5.02 Å². The molecule has 6 nitrogen and oxygen atoms in total. The monoisotopic (exact) mass is 424 g/mol. The highest BCUT2D eigenvalue weighted by Crippen LogP contribution is 2.27. The fourth-order valence-corrected chi connectivity index (χ4v) is 4.11.